The zero-order chi connectivity index (χ0) is 21.8. The van der Waals surface area contributed by atoms with Crippen LogP contribution < -0.4 is 17.2 Å². The Morgan fingerprint density at radius 2 is 0.821 bits per heavy atom. The van der Waals surface area contributed by atoms with Crippen molar-refractivity contribution < 1.29 is 46.8 Å². The van der Waals surface area contributed by atoms with E-state index in [0.29, 0.717) is 19.3 Å². The van der Waals surface area contributed by atoms with Gasteiger partial charge in [-0.15, -0.1) is 0 Å². The Kier molecular flexibility index (Phi) is 31.4. The number of thioether (sulfide) groups is 3. The number of hydrogen-bond donors (Lipinski definition) is 6. The van der Waals surface area contributed by atoms with Crippen molar-refractivity contribution in [3.05, 3.63) is 0 Å². The van der Waals surface area contributed by atoms with E-state index in [1.807, 2.05) is 18.8 Å². The molecule has 0 aromatic carbocycles. The van der Waals surface area contributed by atoms with Crippen molar-refractivity contribution in [2.45, 2.75) is 37.4 Å². The first-order chi connectivity index (χ1) is 12.5. The summed E-state index contributed by atoms with van der Waals surface area (Å²) < 4.78 is 0. The summed E-state index contributed by atoms with van der Waals surface area (Å²) in [4.78, 5) is 30.2. The van der Waals surface area contributed by atoms with Gasteiger partial charge in [0, 0.05) is 17.1 Å². The maximum absolute atomic E-state index is 10.1. The van der Waals surface area contributed by atoms with Crippen LogP contribution in [0.25, 0.3) is 0 Å². The smallest absolute Gasteiger partial charge is 0.320 e. The summed E-state index contributed by atoms with van der Waals surface area (Å²) in [5.41, 5.74) is 15.6. The Balaban J connectivity index is -0.000000152. The molecule has 0 bridgehead atoms. The fraction of sp³-hybridized carbons (Fsp3) is 0.800. The second kappa shape index (κ2) is 24.9. The predicted molar refractivity (Wildman–Crippen MR) is 116 cm³/mol. The van der Waals surface area contributed by atoms with E-state index in [9.17, 15) is 14.4 Å². The Morgan fingerprint density at radius 3 is 0.929 bits per heavy atom. The van der Waals surface area contributed by atoms with Crippen LogP contribution in [-0.4, -0.2) is 87.4 Å². The molecule has 0 amide bonds. The molecule has 13 heteroatoms. The molecule has 28 heavy (non-hydrogen) atoms. The van der Waals surface area contributed by atoms with E-state index in [-0.39, 0.29) is 17.1 Å². The van der Waals surface area contributed by atoms with Crippen LogP contribution in [0.1, 0.15) is 19.3 Å². The molecule has 3 atom stereocenters. The number of carbonyl (C=O) groups is 3. The molecule has 0 saturated heterocycles. The van der Waals surface area contributed by atoms with Crippen LogP contribution in [0.15, 0.2) is 0 Å². The Bertz CT molecular complexity index is 354. The van der Waals surface area contributed by atoms with E-state index in [0.717, 1.165) is 17.3 Å². The standard InChI is InChI=1S/3C5H11NO2S.Mn/c3*1-9-3-2-4(6)5(7)8;/h3*4H,2-3,6H2,1H3,(H,7,8);/t3*4-;/m000./s1. The fourth-order valence-electron chi connectivity index (χ4n) is 1.10. The molecule has 0 saturated carbocycles. The van der Waals surface area contributed by atoms with Crippen LogP contribution in [0.3, 0.4) is 0 Å². The number of carboxylic acid groups (broad SMARTS) is 3. The molecule has 0 aliphatic carbocycles. The number of carboxylic acids is 3. The summed E-state index contributed by atoms with van der Waals surface area (Å²) in [6.45, 7) is 0. The number of nitrogens with two attached hydrogens (primary N) is 3. The Hall–Kier alpha value is -0.141. The zero-order valence-corrected chi connectivity index (χ0v) is 20.0. The van der Waals surface area contributed by atoms with E-state index >= 15 is 0 Å². The van der Waals surface area contributed by atoms with E-state index in [2.05, 4.69) is 0 Å². The van der Waals surface area contributed by atoms with Gasteiger partial charge >= 0.3 is 17.9 Å². The third-order valence-electron chi connectivity index (χ3n) is 2.85. The molecule has 9 N–H and O–H groups in total. The third kappa shape index (κ3) is 28.1. The minimum Gasteiger partial charge on any atom is -0.480 e. The van der Waals surface area contributed by atoms with Crippen molar-refractivity contribution >= 4 is 53.2 Å². The molecule has 0 fully saturated rings. The van der Waals surface area contributed by atoms with Gasteiger partial charge in [0.25, 0.3) is 0 Å². The summed E-state index contributed by atoms with van der Waals surface area (Å²) in [7, 11) is 0. The number of rotatable bonds is 12. The van der Waals surface area contributed by atoms with Crippen LogP contribution in [0, 0.1) is 0 Å². The molecule has 0 heterocycles. The van der Waals surface area contributed by atoms with Crippen molar-refractivity contribution in [1.29, 1.82) is 0 Å². The van der Waals surface area contributed by atoms with Gasteiger partial charge in [0.05, 0.1) is 0 Å². The van der Waals surface area contributed by atoms with Gasteiger partial charge in [-0.2, -0.15) is 35.3 Å². The van der Waals surface area contributed by atoms with Crippen molar-refractivity contribution in [3.8, 4) is 0 Å². The summed E-state index contributed by atoms with van der Waals surface area (Å²) in [6, 6.07) is -2.05. The van der Waals surface area contributed by atoms with Gasteiger partial charge in [-0.25, -0.2) is 0 Å². The summed E-state index contributed by atoms with van der Waals surface area (Å²) in [5, 5.41) is 24.8. The zero-order valence-electron chi connectivity index (χ0n) is 16.4. The quantitative estimate of drug-likeness (QED) is 0.202. The van der Waals surface area contributed by atoms with Crippen molar-refractivity contribution in [2.75, 3.05) is 36.0 Å². The second-order valence-corrected chi connectivity index (χ2v) is 8.14. The van der Waals surface area contributed by atoms with Gasteiger partial charge in [-0.3, -0.25) is 14.4 Å². The molecule has 169 valence electrons. The van der Waals surface area contributed by atoms with Gasteiger partial charge < -0.3 is 32.5 Å². The largest absolute Gasteiger partial charge is 0.480 e. The van der Waals surface area contributed by atoms with Crippen LogP contribution in [0.5, 0.6) is 0 Å². The van der Waals surface area contributed by atoms with Crippen molar-refractivity contribution in [1.82, 2.24) is 0 Å². The summed E-state index contributed by atoms with van der Waals surface area (Å²) in [5.74, 6) is -0.300. The van der Waals surface area contributed by atoms with Crippen LogP contribution >= 0.6 is 35.3 Å². The Labute approximate surface area is 190 Å². The minimum absolute atomic E-state index is 0. The molecule has 0 unspecified atom stereocenters. The second-order valence-electron chi connectivity index (χ2n) is 5.18. The maximum Gasteiger partial charge on any atom is 0.320 e. The Morgan fingerprint density at radius 1 is 0.643 bits per heavy atom. The van der Waals surface area contributed by atoms with E-state index in [4.69, 9.17) is 32.5 Å². The van der Waals surface area contributed by atoms with Gasteiger partial charge in [-0.1, -0.05) is 0 Å². The van der Waals surface area contributed by atoms with Crippen LogP contribution in [0.4, 0.5) is 0 Å². The normalized spacial score (nSPS) is 12.6. The van der Waals surface area contributed by atoms with Gasteiger partial charge in [0.1, 0.15) is 18.1 Å². The molecule has 0 aromatic rings. The van der Waals surface area contributed by atoms with E-state index in [1.165, 1.54) is 0 Å². The van der Waals surface area contributed by atoms with Crippen LogP contribution in [-0.2, 0) is 31.5 Å². The van der Waals surface area contributed by atoms with E-state index < -0.39 is 36.0 Å². The first-order valence-corrected chi connectivity index (χ1v) is 12.1. The number of hydrogen-bond acceptors (Lipinski definition) is 9. The average Bonchev–Trinajstić information content (AvgIpc) is 2.62. The van der Waals surface area contributed by atoms with Crippen molar-refractivity contribution in [3.63, 3.8) is 0 Å². The molecule has 0 aliphatic rings. The molecular formula is C15H33MnN3O6S3. The molecule has 0 aliphatic heterocycles. The van der Waals surface area contributed by atoms with Crippen LogP contribution in [0.2, 0.25) is 0 Å². The fourth-order valence-corrected chi connectivity index (χ4v) is 2.57. The molecule has 9 nitrogen and oxygen atoms in total. The van der Waals surface area contributed by atoms with Crippen molar-refractivity contribution in [2.24, 2.45) is 17.2 Å². The SMILES string of the molecule is CSCC[C@H](N)C(=O)O.CSCC[C@H](N)C(=O)O.CSCC[C@H](N)C(=O)O.[Mn]. The summed E-state index contributed by atoms with van der Waals surface area (Å²) in [6.07, 6.45) is 7.43. The molecule has 0 spiro atoms. The first kappa shape index (κ1) is 35.3. The summed E-state index contributed by atoms with van der Waals surface area (Å²) >= 11 is 4.81. The third-order valence-corrected chi connectivity index (χ3v) is 4.78. The predicted octanol–water partition coefficient (Wildman–Crippen LogP) is 0.452. The minimum atomic E-state index is -0.913. The first-order valence-electron chi connectivity index (χ1n) is 7.96. The molecular weight excluding hydrogens is 469 g/mol. The van der Waals surface area contributed by atoms with Gasteiger partial charge in [0.15, 0.2) is 0 Å². The number of aliphatic carboxylic acids is 3. The van der Waals surface area contributed by atoms with Gasteiger partial charge in [0.2, 0.25) is 0 Å². The molecule has 0 aromatic heterocycles. The molecule has 1 radical (unpaired) electrons. The topological polar surface area (TPSA) is 190 Å². The molecule has 0 rings (SSSR count). The van der Waals surface area contributed by atoms with Gasteiger partial charge in [-0.05, 0) is 55.3 Å². The monoisotopic (exact) mass is 502 g/mol. The maximum atomic E-state index is 10.1. The van der Waals surface area contributed by atoms with E-state index in [1.54, 1.807) is 35.3 Å². The average molecular weight is 503 g/mol.